The van der Waals surface area contributed by atoms with Gasteiger partial charge in [0.1, 0.15) is 6.04 Å². The largest absolute Gasteiger partial charge is 0.455 e. The highest BCUT2D eigenvalue weighted by molar-refractivity contribution is 5.94. The molecule has 0 radical (unpaired) electrons. The smallest absolute Gasteiger partial charge is 0.325 e. The molecule has 1 atom stereocenters. The van der Waals surface area contributed by atoms with E-state index < -0.39 is 30.6 Å². The van der Waals surface area contributed by atoms with Crippen LogP contribution in [0.1, 0.15) is 6.92 Å². The van der Waals surface area contributed by atoms with Crippen LogP contribution in [0.5, 0.6) is 0 Å². The molecule has 1 aliphatic heterocycles. The maximum absolute atomic E-state index is 12.6. The highest BCUT2D eigenvalue weighted by Gasteiger charge is 2.69. The van der Waals surface area contributed by atoms with Crippen LogP contribution in [0.25, 0.3) is 0 Å². The zero-order chi connectivity index (χ0) is 12.0. The maximum atomic E-state index is 12.6. The van der Waals surface area contributed by atoms with Crippen molar-refractivity contribution in [3.63, 3.8) is 0 Å². The van der Waals surface area contributed by atoms with E-state index >= 15 is 0 Å². The summed E-state index contributed by atoms with van der Waals surface area (Å²) in [5.41, 5.74) is -0.0597. The summed E-state index contributed by atoms with van der Waals surface area (Å²) >= 11 is 0. The van der Waals surface area contributed by atoms with Crippen molar-refractivity contribution in [1.82, 2.24) is 4.90 Å². The van der Waals surface area contributed by atoms with Crippen molar-refractivity contribution in [3.05, 3.63) is 12.2 Å². The first-order valence-corrected chi connectivity index (χ1v) is 4.00. The molecule has 0 saturated carbocycles. The lowest BCUT2D eigenvalue weighted by atomic mass is 10.2. The van der Waals surface area contributed by atoms with Crippen molar-refractivity contribution in [1.29, 1.82) is 0 Å². The minimum absolute atomic E-state index is 0.0597. The third-order valence-corrected chi connectivity index (χ3v) is 2.03. The van der Waals surface area contributed by atoms with Gasteiger partial charge in [0.25, 0.3) is 0 Å². The van der Waals surface area contributed by atoms with Gasteiger partial charge in [-0.15, -0.1) is 0 Å². The number of halogens is 5. The van der Waals surface area contributed by atoms with Gasteiger partial charge in [0.05, 0.1) is 0 Å². The quantitative estimate of drug-likeness (QED) is 0.402. The molecule has 86 valence electrons. The van der Waals surface area contributed by atoms with Gasteiger partial charge < -0.3 is 4.90 Å². The fraction of sp³-hybridized carbons (Fsp3) is 0.625. The minimum atomic E-state index is -5.62. The molecular weight excluding hydrogens is 221 g/mol. The molecule has 7 heteroatoms. The van der Waals surface area contributed by atoms with Crippen molar-refractivity contribution in [3.8, 4) is 0 Å². The van der Waals surface area contributed by atoms with Crippen molar-refractivity contribution in [2.75, 3.05) is 6.54 Å². The number of alkyl halides is 5. The number of rotatable bonds is 2. The topological polar surface area (TPSA) is 20.1 Å². The molecule has 0 aliphatic carbocycles. The average molecular weight is 229 g/mol. The second kappa shape index (κ2) is 3.18. The second-order valence-corrected chi connectivity index (χ2v) is 3.37. The SMILES string of the molecule is C=C(C)C(=O)N1CC1C(F)(F)C(F)(F)F. The molecule has 1 fully saturated rings. The van der Waals surface area contributed by atoms with Gasteiger partial charge in [0.2, 0.25) is 5.91 Å². The second-order valence-electron chi connectivity index (χ2n) is 3.37. The number of nitrogens with zero attached hydrogens (tertiary/aromatic N) is 1. The summed E-state index contributed by atoms with van der Waals surface area (Å²) in [5.74, 6) is -5.72. The first-order chi connectivity index (χ1) is 6.59. The van der Waals surface area contributed by atoms with Crippen LogP contribution >= 0.6 is 0 Å². The molecular formula is C8H8F5NO. The summed E-state index contributed by atoms with van der Waals surface area (Å²) < 4.78 is 60.8. The standard InChI is InChI=1S/C8H8F5NO/c1-4(2)6(15)14-3-5(14)7(9,10)8(11,12)13/h5H,1,3H2,2H3. The monoisotopic (exact) mass is 229 g/mol. The van der Waals surface area contributed by atoms with Crippen LogP contribution in [-0.2, 0) is 4.79 Å². The van der Waals surface area contributed by atoms with E-state index in [1.807, 2.05) is 0 Å². The van der Waals surface area contributed by atoms with Gasteiger partial charge in [0, 0.05) is 12.1 Å². The number of hydrogen-bond donors (Lipinski definition) is 0. The van der Waals surface area contributed by atoms with Crippen LogP contribution in [0.4, 0.5) is 22.0 Å². The third kappa shape index (κ3) is 1.95. The summed E-state index contributed by atoms with van der Waals surface area (Å²) in [6, 6.07) is -2.08. The Morgan fingerprint density at radius 2 is 1.80 bits per heavy atom. The lowest BCUT2D eigenvalue weighted by molar-refractivity contribution is -0.284. The molecule has 1 aliphatic rings. The van der Waals surface area contributed by atoms with Crippen LogP contribution in [0.3, 0.4) is 0 Å². The average Bonchev–Trinajstić information content (AvgIpc) is 2.79. The Hall–Kier alpha value is -1.14. The molecule has 0 spiro atoms. The van der Waals surface area contributed by atoms with E-state index in [9.17, 15) is 26.7 Å². The van der Waals surface area contributed by atoms with Crippen LogP contribution in [0, 0.1) is 0 Å². The van der Waals surface area contributed by atoms with Crippen molar-refractivity contribution < 1.29 is 26.7 Å². The Morgan fingerprint density at radius 3 is 2.13 bits per heavy atom. The molecule has 0 aromatic rings. The highest BCUT2D eigenvalue weighted by atomic mass is 19.4. The molecule has 1 amide bonds. The van der Waals surface area contributed by atoms with Crippen LogP contribution in [0.15, 0.2) is 12.2 Å². The van der Waals surface area contributed by atoms with Gasteiger partial charge in [-0.1, -0.05) is 6.58 Å². The predicted molar refractivity (Wildman–Crippen MR) is 41.3 cm³/mol. The molecule has 0 aromatic heterocycles. The zero-order valence-electron chi connectivity index (χ0n) is 7.74. The minimum Gasteiger partial charge on any atom is -0.325 e. The fourth-order valence-corrected chi connectivity index (χ4v) is 1.11. The van der Waals surface area contributed by atoms with Crippen LogP contribution in [0.2, 0.25) is 0 Å². The fourth-order valence-electron chi connectivity index (χ4n) is 1.11. The molecule has 0 N–H and O–H groups in total. The predicted octanol–water partition coefficient (Wildman–Crippen LogP) is 1.97. The van der Waals surface area contributed by atoms with Gasteiger partial charge in [-0.05, 0) is 6.92 Å². The lowest BCUT2D eigenvalue weighted by Crippen LogP contribution is -2.43. The number of amides is 1. The molecule has 2 nitrogen and oxygen atoms in total. The van der Waals surface area contributed by atoms with E-state index in [1.54, 1.807) is 0 Å². The first kappa shape index (κ1) is 11.9. The van der Waals surface area contributed by atoms with E-state index in [2.05, 4.69) is 6.58 Å². The Balaban J connectivity index is 2.73. The van der Waals surface area contributed by atoms with Gasteiger partial charge in [0.15, 0.2) is 0 Å². The molecule has 15 heavy (non-hydrogen) atoms. The van der Waals surface area contributed by atoms with E-state index in [4.69, 9.17) is 0 Å². The normalized spacial score (nSPS) is 21.5. The van der Waals surface area contributed by atoms with Crippen molar-refractivity contribution >= 4 is 5.91 Å². The lowest BCUT2D eigenvalue weighted by Gasteiger charge is -2.19. The number of hydrogen-bond acceptors (Lipinski definition) is 1. The molecule has 1 saturated heterocycles. The van der Waals surface area contributed by atoms with E-state index in [1.165, 1.54) is 6.92 Å². The van der Waals surface area contributed by atoms with E-state index in [-0.39, 0.29) is 5.57 Å². The zero-order valence-corrected chi connectivity index (χ0v) is 7.74. The van der Waals surface area contributed by atoms with Gasteiger partial charge in [-0.2, -0.15) is 22.0 Å². The molecule has 1 heterocycles. The van der Waals surface area contributed by atoms with Crippen molar-refractivity contribution in [2.24, 2.45) is 0 Å². The van der Waals surface area contributed by atoms with Gasteiger partial charge >= 0.3 is 12.1 Å². The molecule has 0 aromatic carbocycles. The van der Waals surface area contributed by atoms with Crippen molar-refractivity contribution in [2.45, 2.75) is 25.1 Å². The molecule has 1 unspecified atom stereocenters. The summed E-state index contributed by atoms with van der Waals surface area (Å²) in [5, 5.41) is 0. The van der Waals surface area contributed by atoms with Crippen LogP contribution < -0.4 is 0 Å². The summed E-state index contributed by atoms with van der Waals surface area (Å²) in [7, 11) is 0. The molecule has 0 bridgehead atoms. The molecule has 1 rings (SSSR count). The Morgan fingerprint density at radius 1 is 1.33 bits per heavy atom. The van der Waals surface area contributed by atoms with Gasteiger partial charge in [-0.3, -0.25) is 4.79 Å². The number of carbonyl (C=O) groups is 1. The number of carbonyl (C=O) groups excluding carboxylic acids is 1. The third-order valence-electron chi connectivity index (χ3n) is 2.03. The summed E-state index contributed by atoms with van der Waals surface area (Å²) in [4.78, 5) is 11.5. The van der Waals surface area contributed by atoms with E-state index in [0.717, 1.165) is 0 Å². The maximum Gasteiger partial charge on any atom is 0.455 e. The van der Waals surface area contributed by atoms with E-state index in [0.29, 0.717) is 4.90 Å². The Kier molecular flexibility index (Phi) is 2.53. The highest BCUT2D eigenvalue weighted by Crippen LogP contribution is 2.45. The summed E-state index contributed by atoms with van der Waals surface area (Å²) in [6.07, 6.45) is -5.62. The Bertz CT molecular complexity index is 309. The Labute approximate surface area is 82.3 Å². The summed E-state index contributed by atoms with van der Waals surface area (Å²) in [6.45, 7) is 3.85. The van der Waals surface area contributed by atoms with Gasteiger partial charge in [-0.25, -0.2) is 0 Å². The first-order valence-electron chi connectivity index (χ1n) is 4.00. The van der Waals surface area contributed by atoms with Crippen LogP contribution in [-0.4, -0.2) is 35.5 Å².